The topological polar surface area (TPSA) is 65.0 Å². The van der Waals surface area contributed by atoms with Crippen molar-refractivity contribution in [2.45, 2.75) is 25.4 Å². The third-order valence-corrected chi connectivity index (χ3v) is 4.90. The van der Waals surface area contributed by atoms with E-state index in [0.29, 0.717) is 19.6 Å². The predicted octanol–water partition coefficient (Wildman–Crippen LogP) is 4.77. The fourth-order valence-corrected chi connectivity index (χ4v) is 3.18. The fourth-order valence-electron chi connectivity index (χ4n) is 3.18. The molecule has 3 aromatic rings. The highest BCUT2D eigenvalue weighted by Gasteiger charge is 2.16. The van der Waals surface area contributed by atoms with Gasteiger partial charge in [0.15, 0.2) is 6.10 Å². The molecule has 5 nitrogen and oxygen atoms in total. The molecule has 1 N–H and O–H groups in total. The van der Waals surface area contributed by atoms with Crippen LogP contribution in [-0.4, -0.2) is 37.5 Å². The second-order valence-corrected chi connectivity index (χ2v) is 7.27. The Morgan fingerprint density at radius 2 is 1.29 bits per heavy atom. The van der Waals surface area contributed by atoms with Gasteiger partial charge < -0.3 is 19.3 Å². The van der Waals surface area contributed by atoms with Crippen molar-refractivity contribution in [3.05, 3.63) is 95.6 Å². The molecule has 0 aliphatic carbocycles. The van der Waals surface area contributed by atoms with Gasteiger partial charge in [0.1, 0.15) is 11.5 Å². The lowest BCUT2D eigenvalue weighted by Gasteiger charge is -2.11. The molecular formula is C26H28O5. The number of ether oxygens (including phenoxy) is 3. The van der Waals surface area contributed by atoms with Crippen molar-refractivity contribution in [2.75, 3.05) is 20.3 Å². The number of hydrogen-bond donors (Lipinski definition) is 1. The van der Waals surface area contributed by atoms with Crippen LogP contribution in [0, 0.1) is 0 Å². The summed E-state index contributed by atoms with van der Waals surface area (Å²) in [4.78, 5) is 11.0. The number of methoxy groups -OCH3 is 1. The molecular weight excluding hydrogens is 392 g/mol. The lowest BCUT2D eigenvalue weighted by molar-refractivity contribution is -0.148. The minimum Gasteiger partial charge on any atom is -0.493 e. The Morgan fingerprint density at radius 3 is 1.81 bits per heavy atom. The molecule has 162 valence electrons. The first-order valence-corrected chi connectivity index (χ1v) is 10.4. The van der Waals surface area contributed by atoms with Crippen molar-refractivity contribution < 1.29 is 24.1 Å². The number of rotatable bonds is 12. The van der Waals surface area contributed by atoms with E-state index in [9.17, 15) is 4.79 Å². The lowest BCUT2D eigenvalue weighted by Crippen LogP contribution is -2.24. The summed E-state index contributed by atoms with van der Waals surface area (Å²) in [5, 5.41) is 9.05. The molecule has 1 atom stereocenters. The van der Waals surface area contributed by atoms with E-state index in [4.69, 9.17) is 19.3 Å². The lowest BCUT2D eigenvalue weighted by atomic mass is 10.1. The van der Waals surface area contributed by atoms with Crippen LogP contribution >= 0.6 is 0 Å². The molecule has 1 unspecified atom stereocenters. The SMILES string of the molecule is COC(Cc1ccc(OCCCOc2ccc(Cc3ccccc3)cc2)cc1)C(=O)O. The summed E-state index contributed by atoms with van der Waals surface area (Å²) in [6.07, 6.45) is 1.16. The van der Waals surface area contributed by atoms with Crippen molar-refractivity contribution in [3.8, 4) is 11.5 Å². The average Bonchev–Trinajstić information content (AvgIpc) is 2.80. The summed E-state index contributed by atoms with van der Waals surface area (Å²) >= 11 is 0. The van der Waals surface area contributed by atoms with Crippen LogP contribution < -0.4 is 9.47 Å². The number of aliphatic carboxylic acids is 1. The highest BCUT2D eigenvalue weighted by molar-refractivity contribution is 5.72. The predicted molar refractivity (Wildman–Crippen MR) is 120 cm³/mol. The molecule has 5 heteroatoms. The monoisotopic (exact) mass is 420 g/mol. The van der Waals surface area contributed by atoms with Crippen LogP contribution in [0.15, 0.2) is 78.9 Å². The molecule has 0 bridgehead atoms. The van der Waals surface area contributed by atoms with Gasteiger partial charge in [0.05, 0.1) is 13.2 Å². The molecule has 0 spiro atoms. The summed E-state index contributed by atoms with van der Waals surface area (Å²) < 4.78 is 16.5. The van der Waals surface area contributed by atoms with Gasteiger partial charge in [-0.3, -0.25) is 0 Å². The maximum absolute atomic E-state index is 11.0. The van der Waals surface area contributed by atoms with Crippen LogP contribution in [0.3, 0.4) is 0 Å². The molecule has 3 rings (SSSR count). The van der Waals surface area contributed by atoms with Gasteiger partial charge in [-0.1, -0.05) is 54.6 Å². The highest BCUT2D eigenvalue weighted by atomic mass is 16.5. The van der Waals surface area contributed by atoms with Crippen LogP contribution in [0.25, 0.3) is 0 Å². The average molecular weight is 421 g/mol. The van der Waals surface area contributed by atoms with Crippen LogP contribution in [0.1, 0.15) is 23.1 Å². The van der Waals surface area contributed by atoms with Crippen LogP contribution in [0.2, 0.25) is 0 Å². The van der Waals surface area contributed by atoms with Gasteiger partial charge >= 0.3 is 5.97 Å². The molecule has 0 saturated carbocycles. The minimum atomic E-state index is -0.964. The summed E-state index contributed by atoms with van der Waals surface area (Å²) in [5.74, 6) is 0.638. The third-order valence-electron chi connectivity index (χ3n) is 4.90. The van der Waals surface area contributed by atoms with Crippen LogP contribution in [0.4, 0.5) is 0 Å². The van der Waals surface area contributed by atoms with Gasteiger partial charge in [-0.2, -0.15) is 0 Å². The van der Waals surface area contributed by atoms with Gasteiger partial charge in [0, 0.05) is 20.0 Å². The molecule has 0 radical (unpaired) electrons. The first kappa shape index (κ1) is 22.4. The number of carbonyl (C=O) groups is 1. The Bertz CT molecular complexity index is 920. The second-order valence-electron chi connectivity index (χ2n) is 7.27. The Hall–Kier alpha value is -3.31. The molecule has 0 heterocycles. The van der Waals surface area contributed by atoms with Gasteiger partial charge in [0.2, 0.25) is 0 Å². The van der Waals surface area contributed by atoms with Gasteiger partial charge in [-0.25, -0.2) is 4.79 Å². The van der Waals surface area contributed by atoms with E-state index in [0.717, 1.165) is 29.9 Å². The number of hydrogen-bond acceptors (Lipinski definition) is 4. The Kier molecular flexibility index (Phi) is 8.49. The van der Waals surface area contributed by atoms with E-state index in [-0.39, 0.29) is 0 Å². The molecule has 0 amide bonds. The molecule has 0 aliphatic rings. The van der Waals surface area contributed by atoms with Crippen LogP contribution in [0.5, 0.6) is 11.5 Å². The first-order valence-electron chi connectivity index (χ1n) is 10.4. The Morgan fingerprint density at radius 1 is 0.774 bits per heavy atom. The highest BCUT2D eigenvalue weighted by Crippen LogP contribution is 2.17. The molecule has 0 aromatic heterocycles. The quantitative estimate of drug-likeness (QED) is 0.428. The molecule has 0 aliphatic heterocycles. The summed E-state index contributed by atoms with van der Waals surface area (Å²) in [6, 6.07) is 26.0. The number of benzene rings is 3. The summed E-state index contributed by atoms with van der Waals surface area (Å²) in [6.45, 7) is 1.12. The zero-order chi connectivity index (χ0) is 21.9. The van der Waals surface area contributed by atoms with Crippen molar-refractivity contribution in [1.82, 2.24) is 0 Å². The maximum atomic E-state index is 11.0. The molecule has 0 saturated heterocycles. The Balaban J connectivity index is 1.35. The minimum absolute atomic E-state index is 0.324. The van der Waals surface area contributed by atoms with E-state index < -0.39 is 12.1 Å². The van der Waals surface area contributed by atoms with Crippen LogP contribution in [-0.2, 0) is 22.4 Å². The van der Waals surface area contributed by atoms with Gasteiger partial charge in [-0.15, -0.1) is 0 Å². The van der Waals surface area contributed by atoms with Crippen molar-refractivity contribution in [3.63, 3.8) is 0 Å². The van der Waals surface area contributed by atoms with Crippen molar-refractivity contribution in [2.24, 2.45) is 0 Å². The van der Waals surface area contributed by atoms with Crippen molar-refractivity contribution in [1.29, 1.82) is 0 Å². The standard InChI is InChI=1S/C26H28O5/c1-29-25(26(27)28)19-22-10-14-24(15-11-22)31-17-5-16-30-23-12-8-21(9-13-23)18-20-6-3-2-4-7-20/h2-4,6-15,25H,5,16-19H2,1H3,(H,27,28). The summed E-state index contributed by atoms with van der Waals surface area (Å²) in [7, 11) is 1.40. The number of carboxylic acids is 1. The number of carboxylic acid groups (broad SMARTS) is 1. The largest absolute Gasteiger partial charge is 0.493 e. The van der Waals surface area contributed by atoms with E-state index in [2.05, 4.69) is 36.4 Å². The third kappa shape index (κ3) is 7.46. The zero-order valence-corrected chi connectivity index (χ0v) is 17.7. The van der Waals surface area contributed by atoms with E-state index in [1.165, 1.54) is 18.2 Å². The molecule has 3 aromatic carbocycles. The maximum Gasteiger partial charge on any atom is 0.333 e. The summed E-state index contributed by atoms with van der Waals surface area (Å²) in [5.41, 5.74) is 3.44. The van der Waals surface area contributed by atoms with Gasteiger partial charge in [0.25, 0.3) is 0 Å². The first-order chi connectivity index (χ1) is 15.1. The normalized spacial score (nSPS) is 11.6. The van der Waals surface area contributed by atoms with E-state index >= 15 is 0 Å². The molecule has 0 fully saturated rings. The zero-order valence-electron chi connectivity index (χ0n) is 17.7. The van der Waals surface area contributed by atoms with E-state index in [1.54, 1.807) is 0 Å². The fraction of sp³-hybridized carbons (Fsp3) is 0.269. The van der Waals surface area contributed by atoms with E-state index in [1.807, 2.05) is 42.5 Å². The smallest absolute Gasteiger partial charge is 0.333 e. The van der Waals surface area contributed by atoms with Crippen molar-refractivity contribution >= 4 is 5.97 Å². The molecule has 31 heavy (non-hydrogen) atoms. The second kappa shape index (κ2) is 11.8. The van der Waals surface area contributed by atoms with Gasteiger partial charge in [-0.05, 0) is 47.4 Å². The Labute approximate surface area is 183 Å².